The Balaban J connectivity index is 1.91. The predicted octanol–water partition coefficient (Wildman–Crippen LogP) is 3.91. The van der Waals surface area contributed by atoms with Gasteiger partial charge in [-0.3, -0.25) is 4.79 Å². The van der Waals surface area contributed by atoms with Gasteiger partial charge in [0.05, 0.1) is 0 Å². The number of nitrogens with zero attached hydrogens (tertiary/aromatic N) is 2. The van der Waals surface area contributed by atoms with Crippen molar-refractivity contribution in [2.24, 2.45) is 0 Å². The van der Waals surface area contributed by atoms with Crippen molar-refractivity contribution in [2.75, 3.05) is 5.32 Å². The lowest BCUT2D eigenvalue weighted by atomic mass is 10.0. The number of hydrogen-bond donors (Lipinski definition) is 1. The molecule has 0 radical (unpaired) electrons. The maximum Gasteiger partial charge on any atom is 0.256 e. The van der Waals surface area contributed by atoms with Gasteiger partial charge in [0.25, 0.3) is 5.91 Å². The number of aryl methyl sites for hydroxylation is 3. The highest BCUT2D eigenvalue weighted by Crippen LogP contribution is 2.28. The number of aromatic nitrogens is 2. The van der Waals surface area contributed by atoms with Crippen LogP contribution < -0.4 is 5.32 Å². The summed E-state index contributed by atoms with van der Waals surface area (Å²) in [5, 5.41) is 10.5. The molecule has 0 aliphatic carbocycles. The molecule has 1 amide bonds. The molecule has 116 valence electrons. The van der Waals surface area contributed by atoms with Gasteiger partial charge < -0.3 is 5.32 Å². The molecule has 2 aromatic carbocycles. The molecule has 0 bridgehead atoms. The van der Waals surface area contributed by atoms with Gasteiger partial charge in [-0.1, -0.05) is 35.4 Å². The molecule has 0 atom stereocenters. The fourth-order valence-corrected chi connectivity index (χ4v) is 2.32. The van der Waals surface area contributed by atoms with Crippen molar-refractivity contribution in [3.63, 3.8) is 0 Å². The maximum atomic E-state index is 12.3. The maximum absolute atomic E-state index is 12.3. The van der Waals surface area contributed by atoms with Crippen LogP contribution in [0.2, 0.25) is 0 Å². The summed E-state index contributed by atoms with van der Waals surface area (Å²) in [6.07, 6.45) is 0. The Morgan fingerprint density at radius 2 is 1.65 bits per heavy atom. The lowest BCUT2D eigenvalue weighted by Crippen LogP contribution is -2.12. The third-order valence-electron chi connectivity index (χ3n) is 3.68. The first-order valence-corrected chi connectivity index (χ1v) is 7.33. The van der Waals surface area contributed by atoms with Gasteiger partial charge in [0.1, 0.15) is 0 Å². The van der Waals surface area contributed by atoms with Crippen molar-refractivity contribution in [3.8, 4) is 11.3 Å². The molecule has 3 rings (SSSR count). The highest BCUT2D eigenvalue weighted by atomic mass is 16.6. The second-order valence-corrected chi connectivity index (χ2v) is 5.60. The molecule has 1 N–H and O–H groups in total. The fourth-order valence-electron chi connectivity index (χ4n) is 2.32. The highest BCUT2D eigenvalue weighted by molar-refractivity contribution is 6.05. The summed E-state index contributed by atoms with van der Waals surface area (Å²) in [6.45, 7) is 5.96. The van der Waals surface area contributed by atoms with Crippen LogP contribution in [0.15, 0.2) is 47.1 Å². The fraction of sp³-hybridized carbons (Fsp3) is 0.167. The van der Waals surface area contributed by atoms with Crippen molar-refractivity contribution in [1.29, 1.82) is 0 Å². The summed E-state index contributed by atoms with van der Waals surface area (Å²) in [5.41, 5.74) is 5.23. The zero-order valence-corrected chi connectivity index (χ0v) is 13.3. The zero-order chi connectivity index (χ0) is 16.4. The van der Waals surface area contributed by atoms with E-state index in [9.17, 15) is 4.79 Å². The molecule has 3 aromatic rings. The van der Waals surface area contributed by atoms with E-state index in [0.29, 0.717) is 17.1 Å². The Labute approximate surface area is 134 Å². The summed E-state index contributed by atoms with van der Waals surface area (Å²) in [7, 11) is 0. The third kappa shape index (κ3) is 3.13. The number of rotatable bonds is 3. The van der Waals surface area contributed by atoms with Gasteiger partial charge in [0.2, 0.25) is 5.82 Å². The van der Waals surface area contributed by atoms with Crippen LogP contribution in [0.4, 0.5) is 5.82 Å². The van der Waals surface area contributed by atoms with E-state index in [1.54, 1.807) is 12.1 Å². The van der Waals surface area contributed by atoms with E-state index in [1.807, 2.05) is 51.1 Å². The molecular weight excluding hydrogens is 290 g/mol. The van der Waals surface area contributed by atoms with Crippen LogP contribution in [0.25, 0.3) is 11.3 Å². The van der Waals surface area contributed by atoms with Gasteiger partial charge in [0, 0.05) is 11.1 Å². The molecule has 0 fully saturated rings. The monoisotopic (exact) mass is 307 g/mol. The molecule has 1 aromatic heterocycles. The smallest absolute Gasteiger partial charge is 0.256 e. The first-order chi connectivity index (χ1) is 11.0. The Morgan fingerprint density at radius 1 is 0.957 bits per heavy atom. The first-order valence-electron chi connectivity index (χ1n) is 7.33. The standard InChI is InChI=1S/C18H17N3O2/c1-11-5-8-14(9-6-11)18(22)19-17-16(20-23-21-17)15-10-12(2)4-7-13(15)3/h4-10H,1-3H3,(H,19,21,22). The Hall–Kier alpha value is -2.95. The first kappa shape index (κ1) is 15.0. The van der Waals surface area contributed by atoms with E-state index >= 15 is 0 Å². The van der Waals surface area contributed by atoms with Gasteiger partial charge >= 0.3 is 0 Å². The molecule has 5 heteroatoms. The number of benzene rings is 2. The Bertz CT molecular complexity index is 851. The average molecular weight is 307 g/mol. The number of carbonyl (C=O) groups is 1. The molecule has 0 spiro atoms. The zero-order valence-electron chi connectivity index (χ0n) is 13.3. The van der Waals surface area contributed by atoms with Crippen LogP contribution in [0.3, 0.4) is 0 Å². The normalized spacial score (nSPS) is 10.6. The van der Waals surface area contributed by atoms with Crippen molar-refractivity contribution in [1.82, 2.24) is 10.3 Å². The topological polar surface area (TPSA) is 68.0 Å². The largest absolute Gasteiger partial charge is 0.302 e. The Morgan fingerprint density at radius 3 is 2.39 bits per heavy atom. The van der Waals surface area contributed by atoms with E-state index in [0.717, 1.165) is 22.3 Å². The summed E-state index contributed by atoms with van der Waals surface area (Å²) in [4.78, 5) is 12.3. The van der Waals surface area contributed by atoms with E-state index in [2.05, 4.69) is 15.6 Å². The minimum absolute atomic E-state index is 0.243. The minimum Gasteiger partial charge on any atom is -0.302 e. The second-order valence-electron chi connectivity index (χ2n) is 5.60. The van der Waals surface area contributed by atoms with Crippen LogP contribution in [-0.4, -0.2) is 16.2 Å². The van der Waals surface area contributed by atoms with Crippen molar-refractivity contribution in [3.05, 3.63) is 64.7 Å². The number of carbonyl (C=O) groups excluding carboxylic acids is 1. The highest BCUT2D eigenvalue weighted by Gasteiger charge is 2.17. The van der Waals surface area contributed by atoms with Crippen molar-refractivity contribution < 1.29 is 9.42 Å². The van der Waals surface area contributed by atoms with E-state index < -0.39 is 0 Å². The quantitative estimate of drug-likeness (QED) is 0.796. The number of hydrogen-bond acceptors (Lipinski definition) is 4. The lowest BCUT2D eigenvalue weighted by molar-refractivity contribution is 0.102. The molecule has 1 heterocycles. The van der Waals surface area contributed by atoms with Crippen molar-refractivity contribution >= 4 is 11.7 Å². The van der Waals surface area contributed by atoms with Crippen LogP contribution >= 0.6 is 0 Å². The van der Waals surface area contributed by atoms with Gasteiger partial charge in [-0.05, 0) is 54.8 Å². The third-order valence-corrected chi connectivity index (χ3v) is 3.68. The molecule has 0 unspecified atom stereocenters. The van der Waals surface area contributed by atoms with E-state index in [-0.39, 0.29) is 5.91 Å². The molecule has 0 aliphatic heterocycles. The molecule has 0 aliphatic rings. The predicted molar refractivity (Wildman–Crippen MR) is 88.3 cm³/mol. The van der Waals surface area contributed by atoms with E-state index in [1.165, 1.54) is 0 Å². The van der Waals surface area contributed by atoms with E-state index in [4.69, 9.17) is 4.63 Å². The molecule has 5 nitrogen and oxygen atoms in total. The van der Waals surface area contributed by atoms with Gasteiger partial charge in [0.15, 0.2) is 5.69 Å². The summed E-state index contributed by atoms with van der Waals surface area (Å²) in [6, 6.07) is 13.4. The Kier molecular flexibility index (Phi) is 3.93. The van der Waals surface area contributed by atoms with Crippen LogP contribution in [0.1, 0.15) is 27.0 Å². The molecule has 0 saturated heterocycles. The van der Waals surface area contributed by atoms with Gasteiger partial charge in [-0.15, -0.1) is 0 Å². The summed E-state index contributed by atoms with van der Waals surface area (Å²) in [5.74, 6) is 0.0801. The second kappa shape index (κ2) is 6.04. The summed E-state index contributed by atoms with van der Waals surface area (Å²) < 4.78 is 4.84. The summed E-state index contributed by atoms with van der Waals surface area (Å²) >= 11 is 0. The molecular formula is C18H17N3O2. The SMILES string of the molecule is Cc1ccc(C(=O)Nc2nonc2-c2cc(C)ccc2C)cc1. The van der Waals surface area contributed by atoms with Gasteiger partial charge in [-0.2, -0.15) is 0 Å². The van der Waals surface area contributed by atoms with Crippen LogP contribution in [0.5, 0.6) is 0 Å². The van der Waals surface area contributed by atoms with Crippen LogP contribution in [-0.2, 0) is 0 Å². The average Bonchev–Trinajstić information content (AvgIpc) is 2.98. The van der Waals surface area contributed by atoms with Crippen LogP contribution in [0, 0.1) is 20.8 Å². The van der Waals surface area contributed by atoms with Crippen molar-refractivity contribution in [2.45, 2.75) is 20.8 Å². The molecule has 23 heavy (non-hydrogen) atoms. The lowest BCUT2D eigenvalue weighted by Gasteiger charge is -2.06. The minimum atomic E-state index is -0.243. The molecule has 0 saturated carbocycles. The number of nitrogens with one attached hydrogen (secondary N) is 1. The number of amides is 1. The van der Waals surface area contributed by atoms with Gasteiger partial charge in [-0.25, -0.2) is 4.63 Å². The number of anilines is 1.